The molecule has 0 spiro atoms. The van der Waals surface area contributed by atoms with E-state index >= 15 is 0 Å². The minimum atomic E-state index is -1.07. The molecule has 2 aliphatic rings. The van der Waals surface area contributed by atoms with Crippen LogP contribution in [0.2, 0.25) is 0 Å². The van der Waals surface area contributed by atoms with E-state index in [4.69, 9.17) is 10.5 Å². The molecule has 2 bridgehead atoms. The molecule has 2 fully saturated rings. The molecule has 9 nitrogen and oxygen atoms in total. The molecule has 0 aromatic carbocycles. The first kappa shape index (κ1) is 16.4. The highest BCUT2D eigenvalue weighted by molar-refractivity contribution is 7.14. The molecule has 0 unspecified atom stereocenters. The topological polar surface area (TPSA) is 148 Å². The van der Waals surface area contributed by atoms with Gasteiger partial charge in [0, 0.05) is 0 Å². The maximum Gasteiger partial charge on any atom is 0.319 e. The first-order valence-corrected chi connectivity index (χ1v) is 8.14. The molecule has 0 radical (unpaired) electrons. The molecule has 5 N–H and O–H groups in total. The highest BCUT2D eigenvalue weighted by Crippen LogP contribution is 2.44. The molecule has 1 aromatic heterocycles. The number of aliphatic carboxylic acids is 1. The quantitative estimate of drug-likeness (QED) is 0.615. The Hall–Kier alpha value is -2.46. The van der Waals surface area contributed by atoms with Crippen molar-refractivity contribution in [1.82, 2.24) is 5.32 Å². The predicted octanol–water partition coefficient (Wildman–Crippen LogP) is 0.373. The van der Waals surface area contributed by atoms with Crippen molar-refractivity contribution in [2.45, 2.75) is 25.0 Å². The summed E-state index contributed by atoms with van der Waals surface area (Å²) >= 11 is 1.09. The number of carboxylic acid groups (broad SMARTS) is 1. The zero-order chi connectivity index (χ0) is 17.4. The molecule has 128 valence electrons. The molecule has 0 aliphatic carbocycles. The molecule has 2 aliphatic heterocycles. The van der Waals surface area contributed by atoms with Gasteiger partial charge in [0.1, 0.15) is 5.00 Å². The number of imide groups is 1. The lowest BCUT2D eigenvalue weighted by Gasteiger charge is -2.23. The SMILES string of the molecule is NC(=O)NC(=O)c1ccsc1NC(=O)[C@H]1[C@@H](C(=O)O)[C@H]2CC[C@@H]1O2. The third-order valence-corrected chi connectivity index (χ3v) is 5.07. The van der Waals surface area contributed by atoms with E-state index < -0.39 is 47.9 Å². The molecule has 10 heteroatoms. The second-order valence-corrected chi connectivity index (χ2v) is 6.57. The molecule has 24 heavy (non-hydrogen) atoms. The van der Waals surface area contributed by atoms with Gasteiger partial charge in [0.25, 0.3) is 5.91 Å². The fourth-order valence-corrected chi connectivity index (χ4v) is 4.07. The van der Waals surface area contributed by atoms with Gasteiger partial charge in [-0.2, -0.15) is 0 Å². The van der Waals surface area contributed by atoms with Crippen molar-refractivity contribution in [3.63, 3.8) is 0 Å². The molecule has 4 amide bonds. The van der Waals surface area contributed by atoms with Gasteiger partial charge >= 0.3 is 12.0 Å². The van der Waals surface area contributed by atoms with Gasteiger partial charge in [-0.15, -0.1) is 11.3 Å². The maximum atomic E-state index is 12.5. The number of anilines is 1. The van der Waals surface area contributed by atoms with Crippen LogP contribution < -0.4 is 16.4 Å². The van der Waals surface area contributed by atoms with Crippen molar-refractivity contribution in [1.29, 1.82) is 0 Å². The van der Waals surface area contributed by atoms with Gasteiger partial charge in [-0.3, -0.25) is 19.7 Å². The average molecular weight is 353 g/mol. The van der Waals surface area contributed by atoms with E-state index in [1.165, 1.54) is 6.07 Å². The lowest BCUT2D eigenvalue weighted by molar-refractivity contribution is -0.147. The minimum Gasteiger partial charge on any atom is -0.481 e. The number of amides is 4. The smallest absolute Gasteiger partial charge is 0.319 e. The maximum absolute atomic E-state index is 12.5. The van der Waals surface area contributed by atoms with Crippen LogP contribution in [0.4, 0.5) is 9.80 Å². The summed E-state index contributed by atoms with van der Waals surface area (Å²) in [7, 11) is 0. The zero-order valence-electron chi connectivity index (χ0n) is 12.4. The Bertz CT molecular complexity index is 717. The number of ether oxygens (including phenoxy) is 1. The van der Waals surface area contributed by atoms with Crippen LogP contribution in [0.3, 0.4) is 0 Å². The van der Waals surface area contributed by atoms with Crippen LogP contribution >= 0.6 is 11.3 Å². The van der Waals surface area contributed by atoms with Gasteiger partial charge in [0.05, 0.1) is 29.6 Å². The first-order valence-electron chi connectivity index (χ1n) is 7.26. The Morgan fingerprint density at radius 1 is 1.21 bits per heavy atom. The second-order valence-electron chi connectivity index (χ2n) is 5.65. The van der Waals surface area contributed by atoms with Crippen LogP contribution in [0.25, 0.3) is 0 Å². The van der Waals surface area contributed by atoms with Crippen LogP contribution in [0.15, 0.2) is 11.4 Å². The number of carbonyl (C=O) groups is 4. The molecule has 0 saturated carbocycles. The molecule has 4 atom stereocenters. The van der Waals surface area contributed by atoms with Crippen LogP contribution in [0, 0.1) is 11.8 Å². The van der Waals surface area contributed by atoms with Crippen molar-refractivity contribution < 1.29 is 29.0 Å². The number of hydrogen-bond donors (Lipinski definition) is 4. The standard InChI is InChI=1S/C14H15N3O6S/c15-14(22)17-10(18)5-3-4-24-12(5)16-11(19)8-6-1-2-7(23-6)9(8)13(20)21/h3-4,6-9H,1-2H2,(H,16,19)(H,20,21)(H3,15,17,18,22)/t6-,7+,8+,9-/m0/s1. The number of thiophene rings is 1. The Balaban J connectivity index is 1.76. The Labute approximate surface area is 140 Å². The van der Waals surface area contributed by atoms with Crippen molar-refractivity contribution >= 4 is 40.2 Å². The lowest BCUT2D eigenvalue weighted by Crippen LogP contribution is -2.41. The Kier molecular flexibility index (Phi) is 4.24. The molecular formula is C14H15N3O6S. The largest absolute Gasteiger partial charge is 0.481 e. The van der Waals surface area contributed by atoms with E-state index in [0.717, 1.165) is 11.3 Å². The van der Waals surface area contributed by atoms with E-state index in [1.807, 2.05) is 5.32 Å². The number of carbonyl (C=O) groups excluding carboxylic acids is 3. The third-order valence-electron chi connectivity index (χ3n) is 4.24. The highest BCUT2D eigenvalue weighted by Gasteiger charge is 2.55. The number of carboxylic acids is 1. The molecule has 2 saturated heterocycles. The Morgan fingerprint density at radius 2 is 1.88 bits per heavy atom. The summed E-state index contributed by atoms with van der Waals surface area (Å²) in [4.78, 5) is 46.6. The van der Waals surface area contributed by atoms with Crippen LogP contribution in [0.5, 0.6) is 0 Å². The average Bonchev–Trinajstić information content (AvgIpc) is 3.20. The van der Waals surface area contributed by atoms with Crippen molar-refractivity contribution in [3.8, 4) is 0 Å². The lowest BCUT2D eigenvalue weighted by atomic mass is 9.79. The minimum absolute atomic E-state index is 0.0862. The summed E-state index contributed by atoms with van der Waals surface area (Å²) in [6.45, 7) is 0. The van der Waals surface area contributed by atoms with Gasteiger partial charge < -0.3 is 20.9 Å². The zero-order valence-corrected chi connectivity index (χ0v) is 13.2. The second kappa shape index (κ2) is 6.21. The normalized spacial score (nSPS) is 27.7. The van der Waals surface area contributed by atoms with Gasteiger partial charge in [-0.1, -0.05) is 0 Å². The van der Waals surface area contributed by atoms with Gasteiger partial charge in [0.15, 0.2) is 0 Å². The number of fused-ring (bicyclic) bond motifs is 2. The molecule has 1 aromatic rings. The molecule has 3 heterocycles. The summed E-state index contributed by atoms with van der Waals surface area (Å²) in [6.07, 6.45) is 0.367. The summed E-state index contributed by atoms with van der Waals surface area (Å²) in [5.41, 5.74) is 4.99. The van der Waals surface area contributed by atoms with Crippen molar-refractivity contribution in [2.24, 2.45) is 17.6 Å². The molecular weight excluding hydrogens is 338 g/mol. The monoisotopic (exact) mass is 353 g/mol. The number of nitrogens with one attached hydrogen (secondary N) is 2. The van der Waals surface area contributed by atoms with Gasteiger partial charge in [-0.25, -0.2) is 4.79 Å². The summed E-state index contributed by atoms with van der Waals surface area (Å²) in [5.74, 6) is -4.02. The van der Waals surface area contributed by atoms with Crippen molar-refractivity contribution in [2.75, 3.05) is 5.32 Å². The van der Waals surface area contributed by atoms with Gasteiger partial charge in [-0.05, 0) is 24.3 Å². The van der Waals surface area contributed by atoms with E-state index in [9.17, 15) is 24.3 Å². The first-order chi connectivity index (χ1) is 11.4. The number of nitrogens with two attached hydrogens (primary N) is 1. The molecule has 3 rings (SSSR count). The van der Waals surface area contributed by atoms with E-state index in [2.05, 4.69) is 5.32 Å². The summed E-state index contributed by atoms with van der Waals surface area (Å²) < 4.78 is 5.55. The van der Waals surface area contributed by atoms with Gasteiger partial charge in [0.2, 0.25) is 5.91 Å². The van der Waals surface area contributed by atoms with Crippen LogP contribution in [-0.2, 0) is 14.3 Å². The number of rotatable bonds is 4. The number of hydrogen-bond acceptors (Lipinski definition) is 6. The van der Waals surface area contributed by atoms with Crippen LogP contribution in [0.1, 0.15) is 23.2 Å². The van der Waals surface area contributed by atoms with E-state index in [0.29, 0.717) is 12.8 Å². The number of urea groups is 1. The van der Waals surface area contributed by atoms with Crippen molar-refractivity contribution in [3.05, 3.63) is 17.0 Å². The third kappa shape index (κ3) is 2.85. The van der Waals surface area contributed by atoms with Crippen LogP contribution in [-0.4, -0.2) is 41.1 Å². The highest BCUT2D eigenvalue weighted by atomic mass is 32.1. The fraction of sp³-hybridized carbons (Fsp3) is 0.429. The van der Waals surface area contributed by atoms with E-state index in [1.54, 1.807) is 5.38 Å². The summed E-state index contributed by atoms with van der Waals surface area (Å²) in [6, 6.07) is 0.431. The fourth-order valence-electron chi connectivity index (χ4n) is 3.28. The summed E-state index contributed by atoms with van der Waals surface area (Å²) in [5, 5.41) is 15.6. The van der Waals surface area contributed by atoms with E-state index in [-0.39, 0.29) is 10.6 Å². The Morgan fingerprint density at radius 3 is 2.50 bits per heavy atom. The predicted molar refractivity (Wildman–Crippen MR) is 82.5 cm³/mol. The number of primary amides is 1.